The number of rotatable bonds is 3. The molecule has 0 radical (unpaired) electrons. The van der Waals surface area contributed by atoms with E-state index in [2.05, 4.69) is 20.9 Å². The number of aromatic nitrogens is 2. The largest absolute Gasteiger partial charge is 0.357 e. The first kappa shape index (κ1) is 14.5. The number of aromatic amines is 1. The first-order chi connectivity index (χ1) is 11.3. The number of hydrogen-bond acceptors (Lipinski definition) is 3. The molecule has 4 heterocycles. The van der Waals surface area contributed by atoms with Crippen LogP contribution in [0.1, 0.15) is 22.5 Å². The van der Waals surface area contributed by atoms with Crippen LogP contribution < -0.4 is 0 Å². The molecule has 2 aromatic rings. The molecule has 2 aromatic heterocycles. The molecule has 1 N–H and O–H groups in total. The summed E-state index contributed by atoms with van der Waals surface area (Å²) in [6, 6.07) is 7.88. The zero-order valence-corrected chi connectivity index (χ0v) is 13.2. The van der Waals surface area contributed by atoms with E-state index in [0.717, 1.165) is 32.7 Å². The van der Waals surface area contributed by atoms with Crippen molar-refractivity contribution in [2.75, 3.05) is 26.2 Å². The van der Waals surface area contributed by atoms with Crippen LogP contribution in [0, 0.1) is 11.8 Å². The van der Waals surface area contributed by atoms with E-state index in [-0.39, 0.29) is 5.91 Å². The Labute approximate surface area is 136 Å². The number of likely N-dealkylation sites (tertiary alicyclic amines) is 2. The number of amides is 1. The van der Waals surface area contributed by atoms with Gasteiger partial charge < -0.3 is 9.88 Å². The molecule has 120 valence electrons. The summed E-state index contributed by atoms with van der Waals surface area (Å²) in [6.45, 7) is 4.85. The number of H-pyrrole nitrogens is 1. The summed E-state index contributed by atoms with van der Waals surface area (Å²) in [5, 5.41) is 0. The molecule has 2 aliphatic heterocycles. The van der Waals surface area contributed by atoms with Crippen molar-refractivity contribution in [1.82, 2.24) is 19.8 Å². The van der Waals surface area contributed by atoms with E-state index in [1.54, 1.807) is 0 Å². The molecule has 4 rings (SSSR count). The van der Waals surface area contributed by atoms with Crippen molar-refractivity contribution in [3.05, 3.63) is 54.1 Å². The molecule has 0 saturated carbocycles. The molecule has 2 fully saturated rings. The number of hydrogen-bond donors (Lipinski definition) is 1. The van der Waals surface area contributed by atoms with E-state index in [1.807, 2.05) is 41.7 Å². The van der Waals surface area contributed by atoms with Crippen molar-refractivity contribution in [2.45, 2.75) is 13.0 Å². The number of nitrogens with zero attached hydrogens (tertiary/aromatic N) is 3. The first-order valence-electron chi connectivity index (χ1n) is 8.32. The van der Waals surface area contributed by atoms with E-state index in [9.17, 15) is 4.79 Å². The van der Waals surface area contributed by atoms with Crippen LogP contribution in [-0.4, -0.2) is 51.9 Å². The Hall–Kier alpha value is -2.14. The summed E-state index contributed by atoms with van der Waals surface area (Å²) in [5.41, 5.74) is 1.98. The van der Waals surface area contributed by atoms with Gasteiger partial charge >= 0.3 is 0 Å². The average Bonchev–Trinajstić information content (AvgIpc) is 3.08. The minimum absolute atomic E-state index is 0.144. The van der Waals surface area contributed by atoms with Crippen LogP contribution in [0.5, 0.6) is 0 Å². The van der Waals surface area contributed by atoms with Gasteiger partial charge in [-0.05, 0) is 42.0 Å². The lowest BCUT2D eigenvalue weighted by molar-refractivity contribution is 0.0235. The zero-order chi connectivity index (χ0) is 15.6. The van der Waals surface area contributed by atoms with Gasteiger partial charge in [-0.25, -0.2) is 0 Å². The van der Waals surface area contributed by atoms with Crippen molar-refractivity contribution in [3.63, 3.8) is 0 Å². The van der Waals surface area contributed by atoms with Crippen molar-refractivity contribution >= 4 is 5.91 Å². The molecule has 0 aromatic carbocycles. The maximum Gasteiger partial charge on any atom is 0.270 e. The molecular formula is C18H22N4O. The molecule has 2 atom stereocenters. The lowest BCUT2D eigenvalue weighted by Crippen LogP contribution is -2.53. The second kappa shape index (κ2) is 6.16. The molecule has 5 heteroatoms. The number of carbonyl (C=O) groups is 1. The Morgan fingerprint density at radius 3 is 2.65 bits per heavy atom. The van der Waals surface area contributed by atoms with Gasteiger partial charge in [0.1, 0.15) is 5.69 Å². The predicted octanol–water partition coefficient (Wildman–Crippen LogP) is 2.00. The zero-order valence-electron chi connectivity index (χ0n) is 13.2. The van der Waals surface area contributed by atoms with Gasteiger partial charge in [0.2, 0.25) is 0 Å². The van der Waals surface area contributed by atoms with E-state index in [1.165, 1.54) is 12.0 Å². The van der Waals surface area contributed by atoms with E-state index in [0.29, 0.717) is 17.5 Å². The Balaban J connectivity index is 1.40. The number of nitrogens with one attached hydrogen (secondary N) is 1. The Bertz CT molecular complexity index is 641. The molecule has 2 aliphatic rings. The molecule has 2 saturated heterocycles. The third-order valence-electron chi connectivity index (χ3n) is 4.90. The second-order valence-corrected chi connectivity index (χ2v) is 6.82. The van der Waals surface area contributed by atoms with Crippen LogP contribution in [-0.2, 0) is 6.54 Å². The summed E-state index contributed by atoms with van der Waals surface area (Å²) in [7, 11) is 0. The molecule has 23 heavy (non-hydrogen) atoms. The van der Waals surface area contributed by atoms with E-state index < -0.39 is 0 Å². The second-order valence-electron chi connectivity index (χ2n) is 6.82. The standard InChI is InChI=1S/C18H22N4O/c23-18(17-4-2-6-20-17)22-12-15-7-16(13-22)11-21(10-15)9-14-3-1-5-19-8-14/h1-6,8,15-16,20H,7,9-13H2. The van der Waals surface area contributed by atoms with Crippen LogP contribution in [0.3, 0.4) is 0 Å². The molecule has 5 nitrogen and oxygen atoms in total. The predicted molar refractivity (Wildman–Crippen MR) is 87.8 cm³/mol. The number of pyridine rings is 1. The Morgan fingerprint density at radius 2 is 2.00 bits per heavy atom. The van der Waals surface area contributed by atoms with Gasteiger partial charge in [-0.1, -0.05) is 6.07 Å². The van der Waals surface area contributed by atoms with E-state index >= 15 is 0 Å². The van der Waals surface area contributed by atoms with Crippen LogP contribution in [0.25, 0.3) is 0 Å². The lowest BCUT2D eigenvalue weighted by atomic mass is 9.84. The highest BCUT2D eigenvalue weighted by molar-refractivity contribution is 5.92. The topological polar surface area (TPSA) is 52.2 Å². The quantitative estimate of drug-likeness (QED) is 0.943. The first-order valence-corrected chi connectivity index (χ1v) is 8.32. The maximum absolute atomic E-state index is 12.5. The van der Waals surface area contributed by atoms with Gasteiger partial charge in [0, 0.05) is 51.3 Å². The van der Waals surface area contributed by atoms with Crippen LogP contribution >= 0.6 is 0 Å². The highest BCUT2D eigenvalue weighted by Crippen LogP contribution is 2.30. The van der Waals surface area contributed by atoms with Crippen molar-refractivity contribution in [3.8, 4) is 0 Å². The van der Waals surface area contributed by atoms with Crippen LogP contribution in [0.15, 0.2) is 42.9 Å². The van der Waals surface area contributed by atoms with Crippen molar-refractivity contribution < 1.29 is 4.79 Å². The highest BCUT2D eigenvalue weighted by atomic mass is 16.2. The summed E-state index contributed by atoms with van der Waals surface area (Å²) < 4.78 is 0. The summed E-state index contributed by atoms with van der Waals surface area (Å²) in [6.07, 6.45) is 6.83. The van der Waals surface area contributed by atoms with Crippen LogP contribution in [0.4, 0.5) is 0 Å². The fourth-order valence-corrected chi connectivity index (χ4v) is 4.07. The maximum atomic E-state index is 12.5. The SMILES string of the molecule is O=C(c1ccc[nH]1)N1CC2CC(CN(Cc3cccnc3)C2)C1. The molecular weight excluding hydrogens is 288 g/mol. The molecule has 1 amide bonds. The van der Waals surface area contributed by atoms with Crippen molar-refractivity contribution in [2.24, 2.45) is 11.8 Å². The monoisotopic (exact) mass is 310 g/mol. The van der Waals surface area contributed by atoms with Gasteiger partial charge in [0.05, 0.1) is 0 Å². The third kappa shape index (κ3) is 3.15. The third-order valence-corrected chi connectivity index (χ3v) is 4.90. The van der Waals surface area contributed by atoms with E-state index in [4.69, 9.17) is 0 Å². The number of carbonyl (C=O) groups excluding carboxylic acids is 1. The Morgan fingerprint density at radius 1 is 1.17 bits per heavy atom. The van der Waals surface area contributed by atoms with Gasteiger partial charge in [-0.3, -0.25) is 14.7 Å². The summed E-state index contributed by atoms with van der Waals surface area (Å²) in [5.74, 6) is 1.31. The Kier molecular flexibility index (Phi) is 3.87. The summed E-state index contributed by atoms with van der Waals surface area (Å²) in [4.78, 5) is 24.3. The molecule has 2 unspecified atom stereocenters. The minimum Gasteiger partial charge on any atom is -0.357 e. The fraction of sp³-hybridized carbons (Fsp3) is 0.444. The molecule has 0 aliphatic carbocycles. The van der Waals surface area contributed by atoms with Gasteiger partial charge in [-0.2, -0.15) is 0 Å². The minimum atomic E-state index is 0.144. The lowest BCUT2D eigenvalue weighted by Gasteiger charge is -2.45. The smallest absolute Gasteiger partial charge is 0.270 e. The highest BCUT2D eigenvalue weighted by Gasteiger charge is 2.36. The summed E-state index contributed by atoms with van der Waals surface area (Å²) >= 11 is 0. The van der Waals surface area contributed by atoms with Crippen LogP contribution in [0.2, 0.25) is 0 Å². The van der Waals surface area contributed by atoms with Gasteiger partial charge in [0.15, 0.2) is 0 Å². The van der Waals surface area contributed by atoms with Crippen molar-refractivity contribution in [1.29, 1.82) is 0 Å². The number of fused-ring (bicyclic) bond motifs is 2. The normalized spacial score (nSPS) is 24.6. The average molecular weight is 310 g/mol. The fourth-order valence-electron chi connectivity index (χ4n) is 4.07. The van der Waals surface area contributed by atoms with Gasteiger partial charge in [-0.15, -0.1) is 0 Å². The molecule has 0 spiro atoms. The van der Waals surface area contributed by atoms with Gasteiger partial charge in [0.25, 0.3) is 5.91 Å². The number of piperidine rings is 2. The molecule has 2 bridgehead atoms.